The highest BCUT2D eigenvalue weighted by Gasteiger charge is 2.44. The zero-order valence-electron chi connectivity index (χ0n) is 14.5. The van der Waals surface area contributed by atoms with Crippen LogP contribution in [-0.2, 0) is 16.1 Å². The highest BCUT2D eigenvalue weighted by atomic mass is 19.1. The molecule has 1 aromatic carbocycles. The van der Waals surface area contributed by atoms with Gasteiger partial charge < -0.3 is 9.64 Å². The standard InChI is InChI=1S/C19H27FN2O2/c1-24-12-7-18(23)21-10-3-8-19(15-21)9-4-11-22(19)14-16-5-2-6-17(20)13-16/h2,5-6,13H,3-4,7-12,14-15H2,1H3. The smallest absolute Gasteiger partial charge is 0.224 e. The monoisotopic (exact) mass is 334 g/mol. The number of amides is 1. The molecule has 4 nitrogen and oxygen atoms in total. The second-order valence-corrected chi connectivity index (χ2v) is 7.04. The number of hydrogen-bond donors (Lipinski definition) is 0. The van der Waals surface area contributed by atoms with Crippen molar-refractivity contribution in [2.24, 2.45) is 0 Å². The van der Waals surface area contributed by atoms with E-state index in [-0.39, 0.29) is 17.3 Å². The van der Waals surface area contributed by atoms with Crippen LogP contribution in [0, 0.1) is 5.82 Å². The van der Waals surface area contributed by atoms with E-state index in [2.05, 4.69) is 4.90 Å². The van der Waals surface area contributed by atoms with E-state index in [4.69, 9.17) is 4.74 Å². The van der Waals surface area contributed by atoms with E-state index in [0.29, 0.717) is 13.0 Å². The van der Waals surface area contributed by atoms with Gasteiger partial charge in [-0.25, -0.2) is 4.39 Å². The molecule has 1 unspecified atom stereocenters. The molecule has 0 radical (unpaired) electrons. The van der Waals surface area contributed by atoms with E-state index < -0.39 is 0 Å². The number of nitrogens with zero attached hydrogens (tertiary/aromatic N) is 2. The molecular weight excluding hydrogens is 307 g/mol. The SMILES string of the molecule is COCCC(=O)N1CCCC2(CCCN2Cc2cccc(F)c2)C1. The summed E-state index contributed by atoms with van der Waals surface area (Å²) in [4.78, 5) is 16.9. The third-order valence-electron chi connectivity index (χ3n) is 5.43. The van der Waals surface area contributed by atoms with Gasteiger partial charge in [0.1, 0.15) is 5.82 Å². The lowest BCUT2D eigenvalue weighted by Crippen LogP contribution is -2.56. The predicted molar refractivity (Wildman–Crippen MR) is 91.1 cm³/mol. The molecule has 0 saturated carbocycles. The first kappa shape index (κ1) is 17.4. The van der Waals surface area contributed by atoms with Gasteiger partial charge in [0.05, 0.1) is 13.0 Å². The third kappa shape index (κ3) is 3.78. The number of halogens is 1. The largest absolute Gasteiger partial charge is 0.384 e. The Balaban J connectivity index is 1.69. The van der Waals surface area contributed by atoms with Gasteiger partial charge in [-0.3, -0.25) is 9.69 Å². The predicted octanol–water partition coefficient (Wildman–Crippen LogP) is 2.82. The maximum atomic E-state index is 13.5. The lowest BCUT2D eigenvalue weighted by atomic mass is 9.86. The van der Waals surface area contributed by atoms with Gasteiger partial charge in [0.25, 0.3) is 0 Å². The Labute approximate surface area is 143 Å². The van der Waals surface area contributed by atoms with E-state index in [0.717, 1.165) is 57.4 Å². The fourth-order valence-corrected chi connectivity index (χ4v) is 4.23. The Bertz CT molecular complexity index is 580. The number of hydrogen-bond acceptors (Lipinski definition) is 3. The van der Waals surface area contributed by atoms with Crippen LogP contribution in [0.25, 0.3) is 0 Å². The minimum absolute atomic E-state index is 0.0628. The maximum absolute atomic E-state index is 13.5. The number of carbonyl (C=O) groups is 1. The second kappa shape index (κ2) is 7.62. The van der Waals surface area contributed by atoms with E-state index in [1.165, 1.54) is 6.07 Å². The molecule has 2 aliphatic heterocycles. The summed E-state index contributed by atoms with van der Waals surface area (Å²) < 4.78 is 18.5. The molecule has 24 heavy (non-hydrogen) atoms. The van der Waals surface area contributed by atoms with Crippen molar-refractivity contribution in [3.63, 3.8) is 0 Å². The molecule has 0 aliphatic carbocycles. The zero-order chi connectivity index (χ0) is 17.0. The van der Waals surface area contributed by atoms with Crippen LogP contribution in [0.15, 0.2) is 24.3 Å². The number of ether oxygens (including phenoxy) is 1. The first-order valence-corrected chi connectivity index (χ1v) is 8.89. The fourth-order valence-electron chi connectivity index (χ4n) is 4.23. The summed E-state index contributed by atoms with van der Waals surface area (Å²) in [7, 11) is 1.63. The van der Waals surface area contributed by atoms with Crippen molar-refractivity contribution in [2.45, 2.75) is 44.2 Å². The van der Waals surface area contributed by atoms with Crippen LogP contribution in [0.1, 0.15) is 37.7 Å². The summed E-state index contributed by atoms with van der Waals surface area (Å²) in [6.07, 6.45) is 4.89. The topological polar surface area (TPSA) is 32.8 Å². The number of rotatable bonds is 5. The molecule has 1 atom stereocenters. The minimum atomic E-state index is -0.180. The van der Waals surface area contributed by atoms with Crippen molar-refractivity contribution >= 4 is 5.91 Å². The number of piperidine rings is 1. The molecule has 0 bridgehead atoms. The Kier molecular flexibility index (Phi) is 5.51. The van der Waals surface area contributed by atoms with Crippen LogP contribution in [0.5, 0.6) is 0 Å². The Morgan fingerprint density at radius 3 is 2.83 bits per heavy atom. The molecule has 3 rings (SSSR count). The number of benzene rings is 1. The normalized spacial score (nSPS) is 24.7. The van der Waals surface area contributed by atoms with E-state index >= 15 is 0 Å². The van der Waals surface area contributed by atoms with Gasteiger partial charge in [-0.1, -0.05) is 12.1 Å². The summed E-state index contributed by atoms with van der Waals surface area (Å²) in [5, 5.41) is 0. The summed E-state index contributed by atoms with van der Waals surface area (Å²) in [5.41, 5.74) is 1.08. The van der Waals surface area contributed by atoms with Gasteiger partial charge in [-0.05, 0) is 49.9 Å². The number of likely N-dealkylation sites (tertiary alicyclic amines) is 2. The Morgan fingerprint density at radius 1 is 1.29 bits per heavy atom. The van der Waals surface area contributed by atoms with Crippen molar-refractivity contribution in [1.29, 1.82) is 0 Å². The fraction of sp³-hybridized carbons (Fsp3) is 0.632. The lowest BCUT2D eigenvalue weighted by molar-refractivity contribution is -0.136. The molecule has 1 amide bonds. The summed E-state index contributed by atoms with van der Waals surface area (Å²) in [6, 6.07) is 6.87. The van der Waals surface area contributed by atoms with Gasteiger partial charge in [-0.2, -0.15) is 0 Å². The van der Waals surface area contributed by atoms with Crippen LogP contribution < -0.4 is 0 Å². The van der Waals surface area contributed by atoms with Crippen molar-refractivity contribution in [1.82, 2.24) is 9.80 Å². The summed E-state index contributed by atoms with van der Waals surface area (Å²) in [5.74, 6) is 0.00860. The zero-order valence-corrected chi connectivity index (χ0v) is 14.5. The van der Waals surface area contributed by atoms with E-state index in [9.17, 15) is 9.18 Å². The second-order valence-electron chi connectivity index (χ2n) is 7.04. The van der Waals surface area contributed by atoms with Gasteiger partial charge in [0.15, 0.2) is 0 Å². The molecule has 0 aromatic heterocycles. The molecule has 2 fully saturated rings. The average molecular weight is 334 g/mol. The van der Waals surface area contributed by atoms with Crippen molar-refractivity contribution in [3.05, 3.63) is 35.6 Å². The molecule has 132 valence electrons. The molecular formula is C19H27FN2O2. The van der Waals surface area contributed by atoms with Crippen LogP contribution >= 0.6 is 0 Å². The van der Waals surface area contributed by atoms with Crippen LogP contribution in [0.2, 0.25) is 0 Å². The average Bonchev–Trinajstić information content (AvgIpc) is 2.94. The summed E-state index contributed by atoms with van der Waals surface area (Å²) in [6.45, 7) is 3.91. The first-order valence-electron chi connectivity index (χ1n) is 8.89. The third-order valence-corrected chi connectivity index (χ3v) is 5.43. The molecule has 1 aromatic rings. The van der Waals surface area contributed by atoms with Gasteiger partial charge in [-0.15, -0.1) is 0 Å². The maximum Gasteiger partial charge on any atom is 0.224 e. The molecule has 2 aliphatic rings. The minimum Gasteiger partial charge on any atom is -0.384 e. The van der Waals surface area contributed by atoms with E-state index in [1.54, 1.807) is 19.2 Å². The highest BCUT2D eigenvalue weighted by Crippen LogP contribution is 2.38. The van der Waals surface area contributed by atoms with Crippen molar-refractivity contribution in [2.75, 3.05) is 33.4 Å². The lowest BCUT2D eigenvalue weighted by Gasteiger charge is -2.46. The van der Waals surface area contributed by atoms with Crippen LogP contribution in [0.3, 0.4) is 0 Å². The molecule has 2 heterocycles. The Hall–Kier alpha value is -1.46. The number of carbonyl (C=O) groups excluding carboxylic acids is 1. The molecule has 0 N–H and O–H groups in total. The molecule has 2 saturated heterocycles. The van der Waals surface area contributed by atoms with E-state index in [1.807, 2.05) is 11.0 Å². The first-order chi connectivity index (χ1) is 11.6. The van der Waals surface area contributed by atoms with Crippen molar-refractivity contribution < 1.29 is 13.9 Å². The molecule has 1 spiro atoms. The number of methoxy groups -OCH3 is 1. The van der Waals surface area contributed by atoms with Gasteiger partial charge >= 0.3 is 0 Å². The molecule has 5 heteroatoms. The van der Waals surface area contributed by atoms with Gasteiger partial charge in [0, 0.05) is 32.3 Å². The summed E-state index contributed by atoms with van der Waals surface area (Å²) >= 11 is 0. The van der Waals surface area contributed by atoms with Gasteiger partial charge in [0.2, 0.25) is 5.91 Å². The quantitative estimate of drug-likeness (QED) is 0.830. The Morgan fingerprint density at radius 2 is 2.08 bits per heavy atom. The highest BCUT2D eigenvalue weighted by molar-refractivity contribution is 5.76. The van der Waals surface area contributed by atoms with Crippen LogP contribution in [0.4, 0.5) is 4.39 Å². The van der Waals surface area contributed by atoms with Crippen molar-refractivity contribution in [3.8, 4) is 0 Å². The van der Waals surface area contributed by atoms with Crippen LogP contribution in [-0.4, -0.2) is 54.6 Å².